The van der Waals surface area contributed by atoms with Crippen LogP contribution < -0.4 is 20.7 Å². The summed E-state index contributed by atoms with van der Waals surface area (Å²) >= 11 is 0. The Kier molecular flexibility index (Phi) is 8.37. The highest BCUT2D eigenvalue weighted by atomic mass is 32.2. The number of hydrogen-bond acceptors (Lipinski definition) is 7. The monoisotopic (exact) mass is 475 g/mol. The number of hydrogen-bond donors (Lipinski definition) is 3. The molecule has 2 amide bonds. The van der Waals surface area contributed by atoms with Gasteiger partial charge in [-0.25, -0.2) is 13.1 Å². The summed E-state index contributed by atoms with van der Waals surface area (Å²) in [6.07, 6.45) is 3.19. The van der Waals surface area contributed by atoms with Crippen LogP contribution >= 0.6 is 0 Å². The predicted octanol–water partition coefficient (Wildman–Crippen LogP) is 0.889. The molecule has 0 aliphatic carbocycles. The van der Waals surface area contributed by atoms with Crippen molar-refractivity contribution in [3.8, 4) is 0 Å². The summed E-state index contributed by atoms with van der Waals surface area (Å²) in [4.78, 5) is 29.6. The van der Waals surface area contributed by atoms with Crippen LogP contribution in [0.2, 0.25) is 0 Å². The Morgan fingerprint density at radius 3 is 2.61 bits per heavy atom. The molecule has 10 nitrogen and oxygen atoms in total. The second kappa shape index (κ2) is 11.2. The van der Waals surface area contributed by atoms with Crippen molar-refractivity contribution in [2.24, 2.45) is 11.7 Å². The number of sulfonamides is 1. The highest BCUT2D eigenvalue weighted by Gasteiger charge is 2.28. The summed E-state index contributed by atoms with van der Waals surface area (Å²) in [5, 5.41) is 2.64. The highest BCUT2D eigenvalue weighted by Crippen LogP contribution is 2.31. The molecule has 0 atom stereocenters. The standard InChI is InChI=1S/C22H29N5O5S/c1-32-15-21(28)26-18-5-6-19(27-12-8-16(9-13-27)22(23)29)20(14-18)33(30,31)25-11-7-17-4-2-3-10-24-17/h2-6,10,14,16,25H,7-9,11-13,15H2,1H3,(H2,23,29)(H,26,28). The van der Waals surface area contributed by atoms with E-state index in [1.54, 1.807) is 24.4 Å². The highest BCUT2D eigenvalue weighted by molar-refractivity contribution is 7.89. The van der Waals surface area contributed by atoms with Crippen LogP contribution in [0.15, 0.2) is 47.5 Å². The molecule has 0 saturated carbocycles. The summed E-state index contributed by atoms with van der Waals surface area (Å²) in [5.41, 5.74) is 7.05. The van der Waals surface area contributed by atoms with Crippen molar-refractivity contribution in [3.05, 3.63) is 48.3 Å². The predicted molar refractivity (Wildman–Crippen MR) is 124 cm³/mol. The topological polar surface area (TPSA) is 144 Å². The molecular formula is C22H29N5O5S. The Balaban J connectivity index is 1.83. The van der Waals surface area contributed by atoms with E-state index >= 15 is 0 Å². The third-order valence-electron chi connectivity index (χ3n) is 5.45. The van der Waals surface area contributed by atoms with Crippen LogP contribution in [0.25, 0.3) is 0 Å². The van der Waals surface area contributed by atoms with E-state index in [9.17, 15) is 18.0 Å². The lowest BCUT2D eigenvalue weighted by molar-refractivity contribution is -0.122. The van der Waals surface area contributed by atoms with Gasteiger partial charge in [-0.05, 0) is 43.2 Å². The maximum Gasteiger partial charge on any atom is 0.250 e. The summed E-state index contributed by atoms with van der Waals surface area (Å²) < 4.78 is 34.0. The van der Waals surface area contributed by atoms with Crippen LogP contribution in [0.3, 0.4) is 0 Å². The number of benzene rings is 1. The van der Waals surface area contributed by atoms with Gasteiger partial charge in [0.05, 0.1) is 5.69 Å². The first-order valence-electron chi connectivity index (χ1n) is 10.7. The first-order chi connectivity index (χ1) is 15.8. The molecule has 0 bridgehead atoms. The summed E-state index contributed by atoms with van der Waals surface area (Å²) in [5.74, 6) is -0.945. The lowest BCUT2D eigenvalue weighted by Gasteiger charge is -2.33. The van der Waals surface area contributed by atoms with E-state index in [1.807, 2.05) is 17.0 Å². The van der Waals surface area contributed by atoms with Crippen molar-refractivity contribution < 1.29 is 22.7 Å². The van der Waals surface area contributed by atoms with Crippen LogP contribution in [0.4, 0.5) is 11.4 Å². The third kappa shape index (κ3) is 6.73. The molecule has 1 fully saturated rings. The Bertz CT molecular complexity index is 1070. The number of nitrogens with one attached hydrogen (secondary N) is 2. The second-order valence-corrected chi connectivity index (χ2v) is 9.53. The number of aromatic nitrogens is 1. The maximum absolute atomic E-state index is 13.3. The van der Waals surface area contributed by atoms with Gasteiger partial charge in [0, 0.05) is 56.7 Å². The van der Waals surface area contributed by atoms with Crippen molar-refractivity contribution in [2.75, 3.05) is 43.6 Å². The first kappa shape index (κ1) is 24.6. The molecule has 0 radical (unpaired) electrons. The van der Waals surface area contributed by atoms with Crippen LogP contribution in [-0.2, 0) is 30.8 Å². The fourth-order valence-corrected chi connectivity index (χ4v) is 5.02. The van der Waals surface area contributed by atoms with Gasteiger partial charge in [-0.3, -0.25) is 14.6 Å². The van der Waals surface area contributed by atoms with E-state index in [-0.39, 0.29) is 35.8 Å². The van der Waals surface area contributed by atoms with Crippen molar-refractivity contribution in [1.29, 1.82) is 0 Å². The number of carbonyl (C=O) groups is 2. The average molecular weight is 476 g/mol. The lowest BCUT2D eigenvalue weighted by atomic mass is 9.96. The number of nitrogens with zero attached hydrogens (tertiary/aromatic N) is 2. The number of nitrogens with two attached hydrogens (primary N) is 1. The molecule has 1 saturated heterocycles. The Morgan fingerprint density at radius 1 is 1.21 bits per heavy atom. The van der Waals surface area contributed by atoms with Gasteiger partial charge in [-0.15, -0.1) is 0 Å². The number of rotatable bonds is 10. The number of carbonyl (C=O) groups excluding carboxylic acids is 2. The molecule has 0 unspecified atom stereocenters. The summed E-state index contributed by atoms with van der Waals surface area (Å²) in [6.45, 7) is 1.02. The number of anilines is 2. The number of amides is 2. The Morgan fingerprint density at radius 2 is 1.97 bits per heavy atom. The Hall–Kier alpha value is -3.02. The second-order valence-electron chi connectivity index (χ2n) is 7.80. The fourth-order valence-electron chi connectivity index (χ4n) is 3.74. The molecule has 3 rings (SSSR count). The number of methoxy groups -OCH3 is 1. The SMILES string of the molecule is COCC(=O)Nc1ccc(N2CCC(C(N)=O)CC2)c(S(=O)(=O)NCCc2ccccn2)c1. The molecular weight excluding hydrogens is 446 g/mol. The molecule has 1 aromatic heterocycles. The molecule has 4 N–H and O–H groups in total. The van der Waals surface area contributed by atoms with Crippen LogP contribution in [0.5, 0.6) is 0 Å². The van der Waals surface area contributed by atoms with E-state index in [4.69, 9.17) is 10.5 Å². The van der Waals surface area contributed by atoms with Crippen LogP contribution in [-0.4, -0.2) is 58.6 Å². The zero-order chi connectivity index (χ0) is 23.8. The van der Waals surface area contributed by atoms with Crippen molar-refractivity contribution in [1.82, 2.24) is 9.71 Å². The van der Waals surface area contributed by atoms with E-state index in [1.165, 1.54) is 13.2 Å². The van der Waals surface area contributed by atoms with E-state index in [2.05, 4.69) is 15.0 Å². The summed E-state index contributed by atoms with van der Waals surface area (Å²) in [7, 11) is -2.50. The van der Waals surface area contributed by atoms with Gasteiger partial charge in [-0.1, -0.05) is 6.07 Å². The van der Waals surface area contributed by atoms with Gasteiger partial charge >= 0.3 is 0 Å². The van der Waals surface area contributed by atoms with E-state index in [0.29, 0.717) is 43.7 Å². The van der Waals surface area contributed by atoms with Crippen LogP contribution in [0, 0.1) is 5.92 Å². The minimum absolute atomic E-state index is 0.0521. The number of primary amides is 1. The van der Waals surface area contributed by atoms with Crippen molar-refractivity contribution in [2.45, 2.75) is 24.2 Å². The lowest BCUT2D eigenvalue weighted by Crippen LogP contribution is -2.39. The molecule has 2 heterocycles. The molecule has 2 aromatic rings. The first-order valence-corrected chi connectivity index (χ1v) is 12.1. The van der Waals surface area contributed by atoms with Crippen molar-refractivity contribution in [3.63, 3.8) is 0 Å². The molecule has 1 aliphatic heterocycles. The third-order valence-corrected chi connectivity index (χ3v) is 6.94. The molecule has 33 heavy (non-hydrogen) atoms. The zero-order valence-electron chi connectivity index (χ0n) is 18.5. The average Bonchev–Trinajstić information content (AvgIpc) is 2.80. The number of piperidine rings is 1. The minimum atomic E-state index is -3.90. The Labute approximate surface area is 193 Å². The van der Waals surface area contributed by atoms with Gasteiger partial charge in [0.1, 0.15) is 11.5 Å². The molecule has 1 aromatic carbocycles. The smallest absolute Gasteiger partial charge is 0.250 e. The molecule has 1 aliphatic rings. The van der Waals surface area contributed by atoms with Gasteiger partial charge in [0.15, 0.2) is 0 Å². The molecule has 0 spiro atoms. The minimum Gasteiger partial charge on any atom is -0.375 e. The zero-order valence-corrected chi connectivity index (χ0v) is 19.3. The van der Waals surface area contributed by atoms with Crippen molar-refractivity contribution >= 4 is 33.2 Å². The van der Waals surface area contributed by atoms with Crippen LogP contribution in [0.1, 0.15) is 18.5 Å². The van der Waals surface area contributed by atoms with Gasteiger partial charge in [0.2, 0.25) is 21.8 Å². The van der Waals surface area contributed by atoms with Gasteiger partial charge in [-0.2, -0.15) is 0 Å². The van der Waals surface area contributed by atoms with E-state index in [0.717, 1.165) is 5.69 Å². The van der Waals surface area contributed by atoms with Gasteiger partial charge < -0.3 is 20.7 Å². The number of pyridine rings is 1. The fraction of sp³-hybridized carbons (Fsp3) is 0.409. The van der Waals surface area contributed by atoms with E-state index < -0.39 is 10.0 Å². The molecule has 178 valence electrons. The summed E-state index contributed by atoms with van der Waals surface area (Å²) in [6, 6.07) is 10.2. The number of ether oxygens (including phenoxy) is 1. The quantitative estimate of drug-likeness (QED) is 0.463. The maximum atomic E-state index is 13.3. The molecule has 11 heteroatoms. The largest absolute Gasteiger partial charge is 0.375 e. The van der Waals surface area contributed by atoms with Gasteiger partial charge in [0.25, 0.3) is 0 Å². The normalized spacial score (nSPS) is 14.8.